The molecule has 0 spiro atoms. The predicted octanol–water partition coefficient (Wildman–Crippen LogP) is 6.49. The third kappa shape index (κ3) is 5.13. The van der Waals surface area contributed by atoms with Gasteiger partial charge in [-0.25, -0.2) is 4.68 Å². The molecular formula is C23H19ClF6N4O3. The molecule has 4 rings (SSSR count). The molecule has 1 aliphatic rings. The van der Waals surface area contributed by atoms with Gasteiger partial charge in [0.25, 0.3) is 5.91 Å². The van der Waals surface area contributed by atoms with Crippen LogP contribution in [0.25, 0.3) is 0 Å². The van der Waals surface area contributed by atoms with Crippen molar-refractivity contribution in [3.05, 3.63) is 64.3 Å². The molecule has 0 radical (unpaired) electrons. The lowest BCUT2D eigenvalue weighted by atomic mass is 9.96. The number of benzene rings is 2. The third-order valence-electron chi connectivity index (χ3n) is 5.80. The van der Waals surface area contributed by atoms with Crippen LogP contribution in [0.4, 0.5) is 37.8 Å². The van der Waals surface area contributed by atoms with Crippen LogP contribution in [0.5, 0.6) is 11.5 Å². The minimum Gasteiger partial charge on any atom is -0.493 e. The van der Waals surface area contributed by atoms with Gasteiger partial charge in [0.2, 0.25) is 0 Å². The summed E-state index contributed by atoms with van der Waals surface area (Å²) in [5.74, 6) is -0.840. The molecule has 2 heterocycles. The topological polar surface area (TPSA) is 77.4 Å². The average Bonchev–Trinajstić information content (AvgIpc) is 3.18. The molecule has 2 N–H and O–H groups in total. The second-order valence-corrected chi connectivity index (χ2v) is 8.44. The molecule has 7 nitrogen and oxygen atoms in total. The molecule has 1 aromatic heterocycles. The first-order chi connectivity index (χ1) is 17.3. The lowest BCUT2D eigenvalue weighted by Crippen LogP contribution is -2.35. The van der Waals surface area contributed by atoms with E-state index in [1.807, 2.05) is 5.32 Å². The number of hydrogen-bond donors (Lipinski definition) is 2. The van der Waals surface area contributed by atoms with Crippen LogP contribution in [0.3, 0.4) is 0 Å². The number of amides is 1. The molecule has 198 valence electrons. The van der Waals surface area contributed by atoms with Crippen molar-refractivity contribution in [3.63, 3.8) is 0 Å². The Morgan fingerprint density at radius 2 is 1.76 bits per heavy atom. The maximum Gasteiger partial charge on any atom is 0.418 e. The van der Waals surface area contributed by atoms with E-state index in [0.29, 0.717) is 21.7 Å². The summed E-state index contributed by atoms with van der Waals surface area (Å²) in [6.07, 6.45) is -10.1. The van der Waals surface area contributed by atoms with E-state index in [9.17, 15) is 31.1 Å². The number of alkyl halides is 6. The van der Waals surface area contributed by atoms with Crippen molar-refractivity contribution >= 4 is 29.0 Å². The Bertz CT molecular complexity index is 1320. The summed E-state index contributed by atoms with van der Waals surface area (Å²) in [4.78, 5) is 12.8. The molecule has 0 saturated carbocycles. The summed E-state index contributed by atoms with van der Waals surface area (Å²) in [6, 6.07) is 5.65. The van der Waals surface area contributed by atoms with Crippen molar-refractivity contribution in [3.8, 4) is 11.5 Å². The highest BCUT2D eigenvalue weighted by Crippen LogP contribution is 2.47. The molecule has 0 unspecified atom stereocenters. The van der Waals surface area contributed by atoms with Gasteiger partial charge >= 0.3 is 12.4 Å². The summed E-state index contributed by atoms with van der Waals surface area (Å²) >= 11 is 6.27. The Morgan fingerprint density at radius 1 is 1.08 bits per heavy atom. The van der Waals surface area contributed by atoms with Crippen molar-refractivity contribution in [2.45, 2.75) is 30.9 Å². The minimum absolute atomic E-state index is 0.291. The van der Waals surface area contributed by atoms with Gasteiger partial charge < -0.3 is 20.1 Å². The Labute approximate surface area is 211 Å². The highest BCUT2D eigenvalue weighted by atomic mass is 35.5. The number of aromatic nitrogens is 2. The van der Waals surface area contributed by atoms with Crippen LogP contribution in [-0.4, -0.2) is 36.1 Å². The van der Waals surface area contributed by atoms with Gasteiger partial charge in [-0.3, -0.25) is 4.79 Å². The number of para-hydroxylation sites is 1. The highest BCUT2D eigenvalue weighted by Gasteiger charge is 2.48. The molecule has 2 aromatic carbocycles. The number of halogens is 7. The van der Waals surface area contributed by atoms with Gasteiger partial charge in [-0.2, -0.15) is 31.4 Å². The summed E-state index contributed by atoms with van der Waals surface area (Å²) in [6.45, 7) is 0. The van der Waals surface area contributed by atoms with E-state index in [0.717, 1.165) is 18.2 Å². The zero-order chi connectivity index (χ0) is 27.1. The monoisotopic (exact) mass is 548 g/mol. The van der Waals surface area contributed by atoms with Crippen LogP contribution in [-0.2, 0) is 6.18 Å². The molecule has 0 fully saturated rings. The van der Waals surface area contributed by atoms with Gasteiger partial charge in [-0.05, 0) is 29.8 Å². The van der Waals surface area contributed by atoms with Gasteiger partial charge in [0.15, 0.2) is 23.2 Å². The molecule has 1 aliphatic heterocycles. The van der Waals surface area contributed by atoms with E-state index in [-0.39, 0.29) is 5.82 Å². The SMILES string of the molecule is COc1ccc([C@@H]2C[C@H](C(F)(F)F)n3nc(C(=O)Nc4ccccc4C(F)(F)F)c(Cl)c3N2)cc1OC. The second-order valence-electron chi connectivity index (χ2n) is 8.06. The number of hydrogen-bond acceptors (Lipinski definition) is 5. The quantitative estimate of drug-likeness (QED) is 0.357. The van der Waals surface area contributed by atoms with E-state index in [1.54, 1.807) is 6.07 Å². The van der Waals surface area contributed by atoms with E-state index in [1.165, 1.54) is 32.4 Å². The van der Waals surface area contributed by atoms with Crippen LogP contribution in [0.15, 0.2) is 42.5 Å². The number of methoxy groups -OCH3 is 2. The van der Waals surface area contributed by atoms with Crippen molar-refractivity contribution in [1.82, 2.24) is 9.78 Å². The summed E-state index contributed by atoms with van der Waals surface area (Å²) in [7, 11) is 2.79. The number of fused-ring (bicyclic) bond motifs is 1. The zero-order valence-corrected chi connectivity index (χ0v) is 19.9. The number of carbonyl (C=O) groups is 1. The first-order valence-corrected chi connectivity index (χ1v) is 11.0. The molecule has 0 saturated heterocycles. The fraction of sp³-hybridized carbons (Fsp3) is 0.304. The standard InChI is InChI=1S/C23H19ClF6N4O3/c1-36-15-8-7-11(9-16(15)37-2)14-10-17(23(28,29)30)34-20(31-14)18(24)19(33-34)21(35)32-13-6-4-3-5-12(13)22(25,26)27/h3-9,14,17,31H,10H2,1-2H3,(H,32,35)/t14-,17+/m0/s1. The largest absolute Gasteiger partial charge is 0.493 e. The van der Waals surface area contributed by atoms with Gasteiger partial charge in [0, 0.05) is 6.42 Å². The third-order valence-corrected chi connectivity index (χ3v) is 6.16. The highest BCUT2D eigenvalue weighted by molar-refractivity contribution is 6.36. The molecule has 0 aliphatic carbocycles. The number of nitrogens with one attached hydrogen (secondary N) is 2. The summed E-state index contributed by atoms with van der Waals surface area (Å²) in [5, 5.41) is 8.18. The first-order valence-electron chi connectivity index (χ1n) is 10.7. The minimum atomic E-state index is -4.78. The Morgan fingerprint density at radius 3 is 2.38 bits per heavy atom. The van der Waals surface area contributed by atoms with Crippen molar-refractivity contribution in [1.29, 1.82) is 0 Å². The Hall–Kier alpha value is -3.61. The lowest BCUT2D eigenvalue weighted by Gasteiger charge is -2.33. The van der Waals surface area contributed by atoms with Gasteiger partial charge in [-0.15, -0.1) is 0 Å². The van der Waals surface area contributed by atoms with Crippen LogP contribution < -0.4 is 20.1 Å². The molecule has 1 amide bonds. The van der Waals surface area contributed by atoms with Crippen LogP contribution in [0.1, 0.15) is 40.1 Å². The van der Waals surface area contributed by atoms with Crippen molar-refractivity contribution < 1.29 is 40.6 Å². The molecule has 3 aromatic rings. The van der Waals surface area contributed by atoms with Gasteiger partial charge in [-0.1, -0.05) is 29.8 Å². The average molecular weight is 549 g/mol. The van der Waals surface area contributed by atoms with Gasteiger partial charge in [0.05, 0.1) is 31.5 Å². The maximum atomic E-state index is 14.0. The fourth-order valence-electron chi connectivity index (χ4n) is 4.04. The molecular weight excluding hydrogens is 530 g/mol. The lowest BCUT2D eigenvalue weighted by molar-refractivity contribution is -0.173. The molecule has 0 bridgehead atoms. The second kappa shape index (κ2) is 9.69. The Balaban J connectivity index is 1.72. The number of nitrogens with zero attached hydrogens (tertiary/aromatic N) is 2. The number of carbonyl (C=O) groups excluding carboxylic acids is 1. The number of rotatable bonds is 5. The number of anilines is 2. The molecule has 14 heteroatoms. The maximum absolute atomic E-state index is 14.0. The van der Waals surface area contributed by atoms with E-state index in [4.69, 9.17) is 21.1 Å². The van der Waals surface area contributed by atoms with E-state index in [2.05, 4.69) is 10.4 Å². The summed E-state index contributed by atoms with van der Waals surface area (Å²) in [5.41, 5.74) is -1.97. The number of ether oxygens (including phenoxy) is 2. The Kier molecular flexibility index (Phi) is 6.93. The smallest absolute Gasteiger partial charge is 0.418 e. The van der Waals surface area contributed by atoms with Crippen LogP contribution in [0, 0.1) is 0 Å². The van der Waals surface area contributed by atoms with Gasteiger partial charge in [0.1, 0.15) is 10.8 Å². The zero-order valence-electron chi connectivity index (χ0n) is 19.2. The van der Waals surface area contributed by atoms with Crippen LogP contribution in [0.2, 0.25) is 5.02 Å². The normalized spacial score (nSPS) is 17.5. The fourth-order valence-corrected chi connectivity index (χ4v) is 4.31. The predicted molar refractivity (Wildman–Crippen MR) is 122 cm³/mol. The molecule has 37 heavy (non-hydrogen) atoms. The first kappa shape index (κ1) is 26.5. The summed E-state index contributed by atoms with van der Waals surface area (Å²) < 4.78 is 93.0. The van der Waals surface area contributed by atoms with E-state index < -0.39 is 58.7 Å². The van der Waals surface area contributed by atoms with Crippen molar-refractivity contribution in [2.24, 2.45) is 0 Å². The van der Waals surface area contributed by atoms with Crippen LogP contribution >= 0.6 is 11.6 Å². The molecule has 2 atom stereocenters. The van der Waals surface area contributed by atoms with E-state index >= 15 is 0 Å². The van der Waals surface area contributed by atoms with Crippen molar-refractivity contribution in [2.75, 3.05) is 24.9 Å².